The minimum atomic E-state index is -0.391. The molecule has 0 atom stereocenters. The van der Waals surface area contributed by atoms with E-state index >= 15 is 0 Å². The summed E-state index contributed by atoms with van der Waals surface area (Å²) in [6.07, 6.45) is 0.686. The zero-order valence-electron chi connectivity index (χ0n) is 19.1. The third-order valence-corrected chi connectivity index (χ3v) is 6.66. The Labute approximate surface area is 233 Å². The number of rotatable bonds is 6. The first-order chi connectivity index (χ1) is 17.7. The fraction of sp³-hybridized carbons (Fsp3) is 0.0370. The molecule has 0 aliphatic carbocycles. The minimum absolute atomic E-state index is 0.360. The summed E-state index contributed by atoms with van der Waals surface area (Å²) in [6.45, 7) is 0. The van der Waals surface area contributed by atoms with Gasteiger partial charge in [-0.15, -0.1) is 0 Å². The van der Waals surface area contributed by atoms with Crippen molar-refractivity contribution in [2.75, 3.05) is 21.3 Å². The first-order valence-corrected chi connectivity index (χ1v) is 12.5. The van der Waals surface area contributed by atoms with Crippen LogP contribution in [0.1, 0.15) is 11.1 Å². The maximum absolute atomic E-state index is 12.2. The molecule has 0 saturated heterocycles. The fourth-order valence-corrected chi connectivity index (χ4v) is 3.98. The Hall–Kier alpha value is -3.42. The van der Waals surface area contributed by atoms with Crippen molar-refractivity contribution in [2.24, 2.45) is 0 Å². The highest BCUT2D eigenvalue weighted by atomic mass is 35.5. The molecule has 4 aromatic carbocycles. The summed E-state index contributed by atoms with van der Waals surface area (Å²) >= 11 is 23.7. The van der Waals surface area contributed by atoms with Crippen molar-refractivity contribution in [2.45, 2.75) is 6.42 Å². The molecular formula is C27H20Cl4N4O2. The third kappa shape index (κ3) is 7.78. The van der Waals surface area contributed by atoms with Crippen LogP contribution in [0.3, 0.4) is 0 Å². The van der Waals surface area contributed by atoms with Crippen LogP contribution in [-0.2, 0) is 6.42 Å². The smallest absolute Gasteiger partial charge is 0.308 e. The molecule has 0 heterocycles. The summed E-state index contributed by atoms with van der Waals surface area (Å²) in [7, 11) is 0. The molecule has 0 unspecified atom stereocenters. The van der Waals surface area contributed by atoms with Crippen LogP contribution in [-0.4, -0.2) is 12.1 Å². The Morgan fingerprint density at radius 3 is 1.14 bits per heavy atom. The van der Waals surface area contributed by atoms with Crippen molar-refractivity contribution >= 4 is 81.2 Å². The number of hydrogen-bond acceptors (Lipinski definition) is 2. The van der Waals surface area contributed by atoms with Gasteiger partial charge in [0.25, 0.3) is 0 Å². The number of amides is 4. The second kappa shape index (κ2) is 12.2. The van der Waals surface area contributed by atoms with Crippen molar-refractivity contribution in [1.82, 2.24) is 0 Å². The molecule has 0 saturated carbocycles. The topological polar surface area (TPSA) is 82.3 Å². The van der Waals surface area contributed by atoms with E-state index in [4.69, 9.17) is 46.4 Å². The number of carbonyl (C=O) groups is 2. The Morgan fingerprint density at radius 2 is 0.784 bits per heavy atom. The van der Waals surface area contributed by atoms with Gasteiger partial charge in [0.1, 0.15) is 0 Å². The molecule has 4 N–H and O–H groups in total. The van der Waals surface area contributed by atoms with Crippen molar-refractivity contribution in [3.8, 4) is 0 Å². The van der Waals surface area contributed by atoms with Gasteiger partial charge in [0.15, 0.2) is 0 Å². The highest BCUT2D eigenvalue weighted by Gasteiger charge is 2.07. The van der Waals surface area contributed by atoms with Gasteiger partial charge in [-0.1, -0.05) is 70.7 Å². The second-order valence-corrected chi connectivity index (χ2v) is 9.62. The molecule has 0 radical (unpaired) electrons. The Kier molecular flexibility index (Phi) is 8.79. The molecule has 6 nitrogen and oxygen atoms in total. The van der Waals surface area contributed by atoms with Crippen LogP contribution in [0.2, 0.25) is 20.1 Å². The predicted octanol–water partition coefficient (Wildman–Crippen LogP) is 9.18. The highest BCUT2D eigenvalue weighted by molar-refractivity contribution is 6.42. The van der Waals surface area contributed by atoms with E-state index < -0.39 is 12.1 Å². The number of urea groups is 2. The zero-order valence-corrected chi connectivity index (χ0v) is 22.1. The van der Waals surface area contributed by atoms with E-state index in [-0.39, 0.29) is 0 Å². The largest absolute Gasteiger partial charge is 0.323 e. The van der Waals surface area contributed by atoms with Crippen LogP contribution in [0, 0.1) is 0 Å². The molecule has 37 heavy (non-hydrogen) atoms. The summed E-state index contributed by atoms with van der Waals surface area (Å²) in [5, 5.41) is 12.5. The van der Waals surface area contributed by atoms with E-state index in [0.717, 1.165) is 11.1 Å². The molecule has 0 aromatic heterocycles. The lowest BCUT2D eigenvalue weighted by Gasteiger charge is -2.10. The number of benzene rings is 4. The van der Waals surface area contributed by atoms with E-state index in [9.17, 15) is 9.59 Å². The lowest BCUT2D eigenvalue weighted by molar-refractivity contribution is 0.261. The number of halogens is 4. The van der Waals surface area contributed by atoms with Gasteiger partial charge >= 0.3 is 12.1 Å². The average molecular weight is 574 g/mol. The van der Waals surface area contributed by atoms with Crippen molar-refractivity contribution in [1.29, 1.82) is 0 Å². The molecule has 4 amide bonds. The quantitative estimate of drug-likeness (QED) is 0.185. The first-order valence-electron chi connectivity index (χ1n) is 11.0. The van der Waals surface area contributed by atoms with Gasteiger partial charge in [-0.05, 0) is 78.2 Å². The molecule has 4 rings (SSSR count). The van der Waals surface area contributed by atoms with Gasteiger partial charge in [0.2, 0.25) is 0 Å². The Balaban J connectivity index is 1.27. The summed E-state index contributed by atoms with van der Waals surface area (Å²) in [4.78, 5) is 24.5. The van der Waals surface area contributed by atoms with Crippen LogP contribution < -0.4 is 21.3 Å². The lowest BCUT2D eigenvalue weighted by atomic mass is 10.0. The SMILES string of the molecule is O=C(Nc1ccc(Cc2ccc(NC(=O)Nc3ccc(Cl)c(Cl)c3)cc2)cc1)Nc1ccc(Cl)c(Cl)c1. The normalized spacial score (nSPS) is 10.5. The Morgan fingerprint density at radius 1 is 0.459 bits per heavy atom. The molecule has 4 aromatic rings. The summed E-state index contributed by atoms with van der Waals surface area (Å²) in [6, 6.07) is 24.0. The van der Waals surface area contributed by atoms with Gasteiger partial charge in [0.05, 0.1) is 20.1 Å². The van der Waals surface area contributed by atoms with Crippen LogP contribution in [0.25, 0.3) is 0 Å². The second-order valence-electron chi connectivity index (χ2n) is 7.99. The maximum Gasteiger partial charge on any atom is 0.323 e. The predicted molar refractivity (Wildman–Crippen MR) is 154 cm³/mol. The molecule has 0 bridgehead atoms. The Bertz CT molecular complexity index is 1320. The summed E-state index contributed by atoms with van der Waals surface area (Å²) < 4.78 is 0. The number of anilines is 4. The van der Waals surface area contributed by atoms with E-state index in [1.807, 2.05) is 48.5 Å². The zero-order chi connectivity index (χ0) is 26.4. The fourth-order valence-electron chi connectivity index (χ4n) is 3.38. The van der Waals surface area contributed by atoms with Crippen molar-refractivity contribution in [3.05, 3.63) is 116 Å². The van der Waals surface area contributed by atoms with Crippen LogP contribution >= 0.6 is 46.4 Å². The monoisotopic (exact) mass is 572 g/mol. The highest BCUT2D eigenvalue weighted by Crippen LogP contribution is 2.26. The average Bonchev–Trinajstić information content (AvgIpc) is 2.86. The summed E-state index contributed by atoms with van der Waals surface area (Å²) in [5.41, 5.74) is 4.49. The van der Waals surface area contributed by atoms with E-state index in [2.05, 4.69) is 21.3 Å². The number of nitrogens with one attached hydrogen (secondary N) is 4. The molecular weight excluding hydrogens is 554 g/mol. The number of carbonyl (C=O) groups excluding carboxylic acids is 2. The molecule has 10 heteroatoms. The third-order valence-electron chi connectivity index (χ3n) is 5.19. The standard InChI is InChI=1S/C27H20Cl4N4O2/c28-22-11-9-20(14-24(22)30)34-26(36)32-18-5-1-16(2-6-18)13-17-3-7-19(8-4-17)33-27(37)35-21-10-12-23(29)25(31)15-21/h1-12,14-15H,13H2,(H2,32,34,36)(H2,33,35,37). The van der Waals surface area contributed by atoms with Crippen molar-refractivity contribution < 1.29 is 9.59 Å². The van der Waals surface area contributed by atoms with Gasteiger partial charge in [0, 0.05) is 22.7 Å². The molecule has 0 aliphatic heterocycles. The molecule has 188 valence electrons. The van der Waals surface area contributed by atoms with Gasteiger partial charge in [-0.25, -0.2) is 9.59 Å². The van der Waals surface area contributed by atoms with Crippen LogP contribution in [0.15, 0.2) is 84.9 Å². The lowest BCUT2D eigenvalue weighted by Crippen LogP contribution is -2.19. The molecule has 0 fully saturated rings. The maximum atomic E-state index is 12.2. The summed E-state index contributed by atoms with van der Waals surface area (Å²) in [5.74, 6) is 0. The van der Waals surface area contributed by atoms with E-state index in [0.29, 0.717) is 49.3 Å². The first kappa shape index (κ1) is 26.6. The van der Waals surface area contributed by atoms with Gasteiger partial charge in [-0.2, -0.15) is 0 Å². The number of hydrogen-bond donors (Lipinski definition) is 4. The van der Waals surface area contributed by atoms with Crippen LogP contribution in [0.4, 0.5) is 32.3 Å². The van der Waals surface area contributed by atoms with Gasteiger partial charge < -0.3 is 21.3 Å². The minimum Gasteiger partial charge on any atom is -0.308 e. The van der Waals surface area contributed by atoms with E-state index in [1.54, 1.807) is 36.4 Å². The van der Waals surface area contributed by atoms with Crippen molar-refractivity contribution in [3.63, 3.8) is 0 Å². The van der Waals surface area contributed by atoms with Crippen LogP contribution in [0.5, 0.6) is 0 Å². The van der Waals surface area contributed by atoms with E-state index in [1.165, 1.54) is 0 Å². The van der Waals surface area contributed by atoms with Gasteiger partial charge in [-0.3, -0.25) is 0 Å². The molecule has 0 spiro atoms. The molecule has 0 aliphatic rings.